The summed E-state index contributed by atoms with van der Waals surface area (Å²) in [7, 11) is 0. The summed E-state index contributed by atoms with van der Waals surface area (Å²) in [6, 6.07) is 6.03. The fraction of sp³-hybridized carbons (Fsp3) is 0.267. The lowest BCUT2D eigenvalue weighted by Crippen LogP contribution is -2.15. The third kappa shape index (κ3) is 2.96. The van der Waals surface area contributed by atoms with E-state index in [1.54, 1.807) is 0 Å². The molecule has 0 atom stereocenters. The lowest BCUT2D eigenvalue weighted by Gasteiger charge is -2.16. The van der Waals surface area contributed by atoms with Crippen LogP contribution in [0.4, 0.5) is 5.69 Å². The number of hydrogen-bond donors (Lipinski definition) is 1. The smallest absolute Gasteiger partial charge is 0.258 e. The molecule has 1 aromatic carbocycles. The Balaban J connectivity index is 2.31. The predicted octanol–water partition coefficient (Wildman–Crippen LogP) is 3.16. The first kappa shape index (κ1) is 13.2. The van der Waals surface area contributed by atoms with E-state index in [4.69, 9.17) is 0 Å². The topological polar surface area (TPSA) is 54.9 Å². The number of carbonyl (C=O) groups excluding carboxylic acids is 1. The monoisotopic (exact) mass is 255 g/mol. The quantitative estimate of drug-likeness (QED) is 0.916. The number of aryl methyl sites for hydroxylation is 1. The summed E-state index contributed by atoms with van der Waals surface area (Å²) in [6.07, 6.45) is 4.43. The molecule has 0 radical (unpaired) electrons. The number of hydrogen-bond acceptors (Lipinski definition) is 3. The Morgan fingerprint density at radius 3 is 2.53 bits per heavy atom. The van der Waals surface area contributed by atoms with Crippen molar-refractivity contribution in [2.24, 2.45) is 0 Å². The second kappa shape index (κ2) is 5.61. The summed E-state index contributed by atoms with van der Waals surface area (Å²) in [5.74, 6) is 0.166. The molecule has 2 aromatic rings. The molecule has 0 spiro atoms. The molecule has 19 heavy (non-hydrogen) atoms. The molecule has 1 amide bonds. The minimum absolute atomic E-state index is 0.184. The minimum Gasteiger partial charge on any atom is -0.321 e. The first-order valence-electron chi connectivity index (χ1n) is 6.25. The standard InChI is InChI=1S/C15H17N3O/c1-10(2)13-6-4-5-11(3)14(13)18-15(19)12-7-16-9-17-8-12/h4-10H,1-3H3,(H,18,19). The van der Waals surface area contributed by atoms with Gasteiger partial charge in [0.05, 0.1) is 5.56 Å². The van der Waals surface area contributed by atoms with Gasteiger partial charge in [0.2, 0.25) is 0 Å². The molecule has 98 valence electrons. The SMILES string of the molecule is Cc1cccc(C(C)C)c1NC(=O)c1cncnc1. The van der Waals surface area contributed by atoms with Crippen molar-refractivity contribution >= 4 is 11.6 Å². The number of nitrogens with zero attached hydrogens (tertiary/aromatic N) is 2. The molecule has 0 saturated heterocycles. The van der Waals surface area contributed by atoms with Gasteiger partial charge in [0.15, 0.2) is 0 Å². The van der Waals surface area contributed by atoms with Gasteiger partial charge in [0.1, 0.15) is 6.33 Å². The maximum absolute atomic E-state index is 12.2. The van der Waals surface area contributed by atoms with Crippen LogP contribution in [0.15, 0.2) is 36.9 Å². The number of nitrogens with one attached hydrogen (secondary N) is 1. The molecule has 1 aromatic heterocycles. The number of para-hydroxylation sites is 1. The van der Waals surface area contributed by atoms with Crippen molar-refractivity contribution in [3.05, 3.63) is 53.6 Å². The Morgan fingerprint density at radius 2 is 1.89 bits per heavy atom. The van der Waals surface area contributed by atoms with E-state index >= 15 is 0 Å². The second-order valence-corrected chi connectivity index (χ2v) is 4.78. The Labute approximate surface area is 112 Å². The van der Waals surface area contributed by atoms with Gasteiger partial charge >= 0.3 is 0 Å². The van der Waals surface area contributed by atoms with Gasteiger partial charge in [0.25, 0.3) is 5.91 Å². The van der Waals surface area contributed by atoms with Crippen molar-refractivity contribution in [1.29, 1.82) is 0 Å². The van der Waals surface area contributed by atoms with Gasteiger partial charge in [-0.15, -0.1) is 0 Å². The van der Waals surface area contributed by atoms with Crippen LogP contribution in [0.1, 0.15) is 41.3 Å². The number of carbonyl (C=O) groups is 1. The van der Waals surface area contributed by atoms with E-state index in [2.05, 4.69) is 29.1 Å². The van der Waals surface area contributed by atoms with Crippen LogP contribution in [0.25, 0.3) is 0 Å². The lowest BCUT2D eigenvalue weighted by atomic mass is 9.98. The highest BCUT2D eigenvalue weighted by Gasteiger charge is 2.13. The highest BCUT2D eigenvalue weighted by atomic mass is 16.1. The van der Waals surface area contributed by atoms with Crippen LogP contribution in [0.2, 0.25) is 0 Å². The van der Waals surface area contributed by atoms with Crippen molar-refractivity contribution in [1.82, 2.24) is 9.97 Å². The molecule has 0 aliphatic heterocycles. The van der Waals surface area contributed by atoms with Crippen LogP contribution in [-0.2, 0) is 0 Å². The molecular weight excluding hydrogens is 238 g/mol. The van der Waals surface area contributed by atoms with E-state index in [-0.39, 0.29) is 5.91 Å². The Morgan fingerprint density at radius 1 is 1.21 bits per heavy atom. The van der Waals surface area contributed by atoms with Crippen LogP contribution in [0, 0.1) is 6.92 Å². The predicted molar refractivity (Wildman–Crippen MR) is 75.3 cm³/mol. The maximum Gasteiger partial charge on any atom is 0.258 e. The van der Waals surface area contributed by atoms with Crippen LogP contribution in [0.5, 0.6) is 0 Å². The van der Waals surface area contributed by atoms with Gasteiger partial charge < -0.3 is 5.32 Å². The van der Waals surface area contributed by atoms with E-state index in [0.29, 0.717) is 11.5 Å². The van der Waals surface area contributed by atoms with E-state index in [0.717, 1.165) is 16.8 Å². The lowest BCUT2D eigenvalue weighted by molar-refractivity contribution is 0.102. The van der Waals surface area contributed by atoms with Crippen molar-refractivity contribution < 1.29 is 4.79 Å². The van der Waals surface area contributed by atoms with Crippen molar-refractivity contribution in [3.63, 3.8) is 0 Å². The molecule has 1 N–H and O–H groups in total. The molecule has 0 saturated carbocycles. The number of anilines is 1. The van der Waals surface area contributed by atoms with Crippen LogP contribution in [-0.4, -0.2) is 15.9 Å². The van der Waals surface area contributed by atoms with E-state index < -0.39 is 0 Å². The van der Waals surface area contributed by atoms with Crippen LogP contribution in [0.3, 0.4) is 0 Å². The summed E-state index contributed by atoms with van der Waals surface area (Å²) < 4.78 is 0. The number of amides is 1. The second-order valence-electron chi connectivity index (χ2n) is 4.78. The molecule has 0 bridgehead atoms. The third-order valence-electron chi connectivity index (χ3n) is 2.99. The molecule has 1 heterocycles. The van der Waals surface area contributed by atoms with E-state index in [1.165, 1.54) is 18.7 Å². The van der Waals surface area contributed by atoms with Crippen molar-refractivity contribution in [2.75, 3.05) is 5.32 Å². The number of aromatic nitrogens is 2. The van der Waals surface area contributed by atoms with Gasteiger partial charge in [-0.25, -0.2) is 9.97 Å². The fourth-order valence-corrected chi connectivity index (χ4v) is 1.94. The van der Waals surface area contributed by atoms with Crippen molar-refractivity contribution in [2.45, 2.75) is 26.7 Å². The summed E-state index contributed by atoms with van der Waals surface area (Å²) in [4.78, 5) is 19.9. The van der Waals surface area contributed by atoms with Crippen molar-refractivity contribution in [3.8, 4) is 0 Å². The van der Waals surface area contributed by atoms with Gasteiger partial charge in [-0.3, -0.25) is 4.79 Å². The maximum atomic E-state index is 12.2. The highest BCUT2D eigenvalue weighted by Crippen LogP contribution is 2.27. The molecule has 4 nitrogen and oxygen atoms in total. The summed E-state index contributed by atoms with van der Waals surface area (Å²) in [5, 5.41) is 2.96. The van der Waals surface area contributed by atoms with Crippen LogP contribution < -0.4 is 5.32 Å². The third-order valence-corrected chi connectivity index (χ3v) is 2.99. The molecule has 2 rings (SSSR count). The summed E-state index contributed by atoms with van der Waals surface area (Å²) >= 11 is 0. The zero-order chi connectivity index (χ0) is 13.8. The molecular formula is C15H17N3O. The van der Waals surface area contributed by atoms with Gasteiger partial charge in [-0.1, -0.05) is 32.0 Å². The zero-order valence-electron chi connectivity index (χ0n) is 11.3. The van der Waals surface area contributed by atoms with E-state index in [9.17, 15) is 4.79 Å². The number of rotatable bonds is 3. The Bertz CT molecular complexity index is 579. The molecule has 0 fully saturated rings. The number of benzene rings is 1. The Kier molecular flexibility index (Phi) is 3.90. The van der Waals surface area contributed by atoms with Gasteiger partial charge in [0, 0.05) is 18.1 Å². The van der Waals surface area contributed by atoms with E-state index in [1.807, 2.05) is 25.1 Å². The first-order valence-corrected chi connectivity index (χ1v) is 6.25. The van der Waals surface area contributed by atoms with Gasteiger partial charge in [-0.05, 0) is 24.0 Å². The highest BCUT2D eigenvalue weighted by molar-refractivity contribution is 6.04. The summed E-state index contributed by atoms with van der Waals surface area (Å²) in [5.41, 5.74) is 3.52. The largest absolute Gasteiger partial charge is 0.321 e. The zero-order valence-corrected chi connectivity index (χ0v) is 11.3. The molecule has 4 heteroatoms. The minimum atomic E-state index is -0.184. The average Bonchev–Trinajstić information content (AvgIpc) is 2.41. The average molecular weight is 255 g/mol. The van der Waals surface area contributed by atoms with Gasteiger partial charge in [-0.2, -0.15) is 0 Å². The molecule has 0 aliphatic carbocycles. The normalized spacial score (nSPS) is 10.5. The molecule has 0 unspecified atom stereocenters. The first-order chi connectivity index (χ1) is 9.09. The Hall–Kier alpha value is -2.23. The van der Waals surface area contributed by atoms with Crippen LogP contribution >= 0.6 is 0 Å². The summed E-state index contributed by atoms with van der Waals surface area (Å²) in [6.45, 7) is 6.20. The molecule has 0 aliphatic rings. The fourth-order valence-electron chi connectivity index (χ4n) is 1.94.